The molecule has 0 fully saturated rings. The minimum absolute atomic E-state index is 0.504. The summed E-state index contributed by atoms with van der Waals surface area (Å²) in [6, 6.07) is 13.3. The molecular weight excluding hydrogens is 380 g/mol. The molecule has 0 radical (unpaired) electrons. The van der Waals surface area contributed by atoms with Gasteiger partial charge in [-0.25, -0.2) is 9.98 Å². The zero-order valence-corrected chi connectivity index (χ0v) is 17.6. The van der Waals surface area contributed by atoms with E-state index in [4.69, 9.17) is 9.47 Å². The number of aromatic nitrogens is 3. The van der Waals surface area contributed by atoms with Gasteiger partial charge in [0.15, 0.2) is 17.5 Å². The molecule has 1 aromatic carbocycles. The molecule has 8 heteroatoms. The summed E-state index contributed by atoms with van der Waals surface area (Å²) in [6.45, 7) is 6.48. The van der Waals surface area contributed by atoms with Crippen LogP contribution >= 0.6 is 0 Å². The fourth-order valence-electron chi connectivity index (χ4n) is 2.75. The Kier molecular flexibility index (Phi) is 7.65. The van der Waals surface area contributed by atoms with E-state index in [2.05, 4.69) is 25.7 Å². The van der Waals surface area contributed by atoms with Gasteiger partial charge in [-0.2, -0.15) is 5.10 Å². The van der Waals surface area contributed by atoms with Gasteiger partial charge >= 0.3 is 0 Å². The van der Waals surface area contributed by atoms with Crippen LogP contribution in [0.3, 0.4) is 0 Å². The van der Waals surface area contributed by atoms with Gasteiger partial charge in [0.1, 0.15) is 0 Å². The first-order valence-corrected chi connectivity index (χ1v) is 10.0. The number of aliphatic imine (C=N–C) groups is 1. The highest BCUT2D eigenvalue weighted by Gasteiger charge is 2.06. The van der Waals surface area contributed by atoms with Crippen LogP contribution in [0.2, 0.25) is 0 Å². The smallest absolute Gasteiger partial charge is 0.219 e. The Morgan fingerprint density at radius 2 is 1.90 bits per heavy atom. The van der Waals surface area contributed by atoms with E-state index in [1.54, 1.807) is 12.4 Å². The second kappa shape index (κ2) is 10.8. The third-order valence-electron chi connectivity index (χ3n) is 4.28. The van der Waals surface area contributed by atoms with E-state index in [9.17, 15) is 0 Å². The van der Waals surface area contributed by atoms with Crippen molar-refractivity contribution in [1.82, 2.24) is 25.4 Å². The maximum absolute atomic E-state index is 5.87. The monoisotopic (exact) mass is 408 g/mol. The standard InChI is InChI=1S/C22H28N6O2/c1-4-23-22(26-16-18-12-13-27-28(18)3)25-15-17-10-11-21(24-14-17)30-20-9-7-6-8-19(20)29-5-2/h6-14H,4-5,15-16H2,1-3H3,(H2,23,25,26). The van der Waals surface area contributed by atoms with Crippen molar-refractivity contribution >= 4 is 5.96 Å². The molecule has 8 nitrogen and oxygen atoms in total. The first-order chi connectivity index (χ1) is 14.7. The van der Waals surface area contributed by atoms with Crippen LogP contribution in [0.25, 0.3) is 0 Å². The lowest BCUT2D eigenvalue weighted by atomic mass is 10.3. The molecule has 158 valence electrons. The van der Waals surface area contributed by atoms with Crippen LogP contribution < -0.4 is 20.1 Å². The maximum Gasteiger partial charge on any atom is 0.219 e. The molecule has 2 aromatic heterocycles. The van der Waals surface area contributed by atoms with Crippen LogP contribution in [0.5, 0.6) is 17.4 Å². The zero-order valence-electron chi connectivity index (χ0n) is 17.6. The minimum Gasteiger partial charge on any atom is -0.490 e. The topological polar surface area (TPSA) is 85.6 Å². The Hall–Kier alpha value is -3.55. The SMILES string of the molecule is CCNC(=NCc1ccc(Oc2ccccc2OCC)nc1)NCc1ccnn1C. The van der Waals surface area contributed by atoms with Crippen LogP contribution in [0, 0.1) is 0 Å². The Morgan fingerprint density at radius 1 is 1.07 bits per heavy atom. The van der Waals surface area contributed by atoms with Gasteiger partial charge in [0.2, 0.25) is 5.88 Å². The number of ether oxygens (including phenoxy) is 2. The molecule has 3 rings (SSSR count). The van der Waals surface area contributed by atoms with E-state index in [1.807, 2.05) is 68.0 Å². The van der Waals surface area contributed by atoms with Gasteiger partial charge in [-0.05, 0) is 37.6 Å². The maximum atomic E-state index is 5.87. The molecule has 0 bridgehead atoms. The summed E-state index contributed by atoms with van der Waals surface area (Å²) in [7, 11) is 1.92. The highest BCUT2D eigenvalue weighted by atomic mass is 16.5. The average Bonchev–Trinajstić information content (AvgIpc) is 3.17. The van der Waals surface area contributed by atoms with Crippen molar-refractivity contribution < 1.29 is 9.47 Å². The van der Waals surface area contributed by atoms with Crippen molar-refractivity contribution in [3.63, 3.8) is 0 Å². The van der Waals surface area contributed by atoms with Gasteiger partial charge in [0.05, 0.1) is 25.4 Å². The number of aryl methyl sites for hydroxylation is 1. The van der Waals surface area contributed by atoms with E-state index in [0.29, 0.717) is 37.1 Å². The van der Waals surface area contributed by atoms with E-state index < -0.39 is 0 Å². The normalized spacial score (nSPS) is 11.2. The van der Waals surface area contributed by atoms with E-state index in [0.717, 1.165) is 23.8 Å². The molecule has 0 saturated heterocycles. The van der Waals surface area contributed by atoms with Crippen molar-refractivity contribution in [1.29, 1.82) is 0 Å². The van der Waals surface area contributed by atoms with E-state index in [1.165, 1.54) is 0 Å². The predicted octanol–water partition coefficient (Wildman–Crippen LogP) is 3.26. The predicted molar refractivity (Wildman–Crippen MR) is 117 cm³/mol. The minimum atomic E-state index is 0.504. The van der Waals surface area contributed by atoms with Crippen molar-refractivity contribution in [2.45, 2.75) is 26.9 Å². The van der Waals surface area contributed by atoms with Crippen molar-refractivity contribution in [3.8, 4) is 17.4 Å². The first kappa shape index (κ1) is 21.2. The lowest BCUT2D eigenvalue weighted by Gasteiger charge is -2.12. The second-order valence-electron chi connectivity index (χ2n) is 6.48. The number of hydrogen-bond acceptors (Lipinski definition) is 5. The van der Waals surface area contributed by atoms with E-state index >= 15 is 0 Å². The number of hydrogen-bond donors (Lipinski definition) is 2. The summed E-state index contributed by atoms with van der Waals surface area (Å²) >= 11 is 0. The Morgan fingerprint density at radius 3 is 2.57 bits per heavy atom. The van der Waals surface area contributed by atoms with Gasteiger partial charge in [-0.1, -0.05) is 18.2 Å². The van der Waals surface area contributed by atoms with E-state index in [-0.39, 0.29) is 0 Å². The number of benzene rings is 1. The number of guanidine groups is 1. The first-order valence-electron chi connectivity index (χ1n) is 10.0. The Labute approximate surface area is 177 Å². The van der Waals surface area contributed by atoms with Crippen LogP contribution in [0.4, 0.5) is 0 Å². The van der Waals surface area contributed by atoms with Crippen LogP contribution in [0.1, 0.15) is 25.1 Å². The zero-order chi connectivity index (χ0) is 21.2. The average molecular weight is 409 g/mol. The van der Waals surface area contributed by atoms with Gasteiger partial charge in [0.25, 0.3) is 0 Å². The number of nitrogens with zero attached hydrogens (tertiary/aromatic N) is 4. The van der Waals surface area contributed by atoms with Crippen LogP contribution in [-0.2, 0) is 20.1 Å². The molecule has 0 unspecified atom stereocenters. The molecule has 0 amide bonds. The quantitative estimate of drug-likeness (QED) is 0.418. The Bertz CT molecular complexity index is 952. The third-order valence-corrected chi connectivity index (χ3v) is 4.28. The molecule has 0 aliphatic heterocycles. The summed E-state index contributed by atoms with van der Waals surface area (Å²) in [5.74, 6) is 2.59. The fraction of sp³-hybridized carbons (Fsp3) is 0.318. The van der Waals surface area contributed by atoms with Crippen LogP contribution in [0.15, 0.2) is 59.9 Å². The third kappa shape index (κ3) is 5.97. The molecule has 0 aliphatic rings. The number of pyridine rings is 1. The molecule has 0 spiro atoms. The molecule has 0 saturated carbocycles. The van der Waals surface area contributed by atoms with Crippen molar-refractivity contribution in [3.05, 3.63) is 66.1 Å². The molecule has 0 atom stereocenters. The molecule has 2 heterocycles. The molecule has 2 N–H and O–H groups in total. The highest BCUT2D eigenvalue weighted by Crippen LogP contribution is 2.30. The fourth-order valence-corrected chi connectivity index (χ4v) is 2.75. The van der Waals surface area contributed by atoms with Gasteiger partial charge in [0, 0.05) is 32.1 Å². The van der Waals surface area contributed by atoms with Gasteiger partial charge in [-0.15, -0.1) is 0 Å². The van der Waals surface area contributed by atoms with Crippen molar-refractivity contribution in [2.75, 3.05) is 13.2 Å². The molecular formula is C22H28N6O2. The van der Waals surface area contributed by atoms with Crippen LogP contribution in [-0.4, -0.2) is 33.9 Å². The van der Waals surface area contributed by atoms with Gasteiger partial charge < -0.3 is 20.1 Å². The largest absolute Gasteiger partial charge is 0.490 e. The van der Waals surface area contributed by atoms with Gasteiger partial charge in [-0.3, -0.25) is 4.68 Å². The summed E-state index contributed by atoms with van der Waals surface area (Å²) in [4.78, 5) is 9.03. The number of rotatable bonds is 9. The number of nitrogens with one attached hydrogen (secondary N) is 2. The lowest BCUT2D eigenvalue weighted by Crippen LogP contribution is -2.37. The highest BCUT2D eigenvalue weighted by molar-refractivity contribution is 5.79. The summed E-state index contributed by atoms with van der Waals surface area (Å²) in [5, 5.41) is 10.7. The molecule has 0 aliphatic carbocycles. The lowest BCUT2D eigenvalue weighted by molar-refractivity contribution is 0.319. The summed E-state index contributed by atoms with van der Waals surface area (Å²) in [5.41, 5.74) is 2.06. The second-order valence-corrected chi connectivity index (χ2v) is 6.48. The summed E-state index contributed by atoms with van der Waals surface area (Å²) in [6.07, 6.45) is 3.55. The molecule has 3 aromatic rings. The molecule has 30 heavy (non-hydrogen) atoms. The van der Waals surface area contributed by atoms with Crippen molar-refractivity contribution in [2.24, 2.45) is 12.0 Å². The Balaban J connectivity index is 1.60. The number of para-hydroxylation sites is 2. The summed E-state index contributed by atoms with van der Waals surface area (Å²) < 4.78 is 13.3.